The SMILES string of the molecule is NC1N=CC=CN1c1nc2c3c(cccc3n1)N=N2. The Bertz CT molecular complexity index is 762. The summed E-state index contributed by atoms with van der Waals surface area (Å²) in [4.78, 5) is 14.7. The predicted molar refractivity (Wildman–Crippen MR) is 71.8 cm³/mol. The lowest BCUT2D eigenvalue weighted by Gasteiger charge is -2.24. The van der Waals surface area contributed by atoms with Gasteiger partial charge in [0.2, 0.25) is 5.95 Å². The van der Waals surface area contributed by atoms with Crippen molar-refractivity contribution in [1.29, 1.82) is 0 Å². The molecule has 0 radical (unpaired) electrons. The molecule has 1 aromatic carbocycles. The van der Waals surface area contributed by atoms with E-state index in [4.69, 9.17) is 5.73 Å². The highest BCUT2D eigenvalue weighted by atomic mass is 15.4. The third kappa shape index (κ3) is 1.45. The van der Waals surface area contributed by atoms with Crippen molar-refractivity contribution in [2.75, 3.05) is 4.90 Å². The summed E-state index contributed by atoms with van der Waals surface area (Å²) in [7, 11) is 0. The summed E-state index contributed by atoms with van der Waals surface area (Å²) < 4.78 is 0. The first-order valence-corrected chi connectivity index (χ1v) is 5.79. The molecule has 2 aliphatic heterocycles. The molecule has 0 aliphatic carbocycles. The Morgan fingerprint density at radius 1 is 1.16 bits per heavy atom. The number of aromatic nitrogens is 2. The van der Waals surface area contributed by atoms with Crippen LogP contribution in [-0.4, -0.2) is 22.5 Å². The van der Waals surface area contributed by atoms with Gasteiger partial charge in [-0.25, -0.2) is 4.98 Å². The average Bonchev–Trinajstić information content (AvgIpc) is 2.84. The topological polar surface area (TPSA) is 92.1 Å². The summed E-state index contributed by atoms with van der Waals surface area (Å²) in [5.74, 6) is 1.05. The van der Waals surface area contributed by atoms with E-state index in [2.05, 4.69) is 25.2 Å². The van der Waals surface area contributed by atoms with E-state index < -0.39 is 6.29 Å². The number of hydrogen-bond donors (Lipinski definition) is 1. The third-order valence-corrected chi connectivity index (χ3v) is 3.01. The van der Waals surface area contributed by atoms with E-state index in [1.165, 1.54) is 0 Å². The van der Waals surface area contributed by atoms with Gasteiger partial charge in [0.25, 0.3) is 0 Å². The largest absolute Gasteiger partial charge is 0.292 e. The van der Waals surface area contributed by atoms with Crippen LogP contribution in [0, 0.1) is 0 Å². The van der Waals surface area contributed by atoms with Gasteiger partial charge >= 0.3 is 0 Å². The Hall–Kier alpha value is -2.67. The molecule has 7 heteroatoms. The minimum absolute atomic E-state index is 0.473. The lowest BCUT2D eigenvalue weighted by molar-refractivity contribution is 0.694. The summed E-state index contributed by atoms with van der Waals surface area (Å²) in [6, 6.07) is 5.70. The molecule has 0 saturated heterocycles. The molecule has 2 aliphatic rings. The molecule has 7 nitrogen and oxygen atoms in total. The second-order valence-electron chi connectivity index (χ2n) is 4.18. The normalized spacial score (nSPS) is 19.6. The van der Waals surface area contributed by atoms with Crippen molar-refractivity contribution in [2.24, 2.45) is 21.0 Å². The monoisotopic (exact) mass is 251 g/mol. The first-order chi connectivity index (χ1) is 9.33. The van der Waals surface area contributed by atoms with E-state index in [1.54, 1.807) is 23.4 Å². The fraction of sp³-hybridized carbons (Fsp3) is 0.0833. The van der Waals surface area contributed by atoms with E-state index in [9.17, 15) is 0 Å². The maximum atomic E-state index is 5.90. The van der Waals surface area contributed by atoms with Gasteiger partial charge in [0, 0.05) is 12.4 Å². The maximum Gasteiger partial charge on any atom is 0.234 e. The Morgan fingerprint density at radius 3 is 3.00 bits per heavy atom. The Balaban J connectivity index is 1.92. The number of aliphatic imine (C=N–C) groups is 1. The van der Waals surface area contributed by atoms with Crippen molar-refractivity contribution in [1.82, 2.24) is 9.97 Å². The first kappa shape index (κ1) is 10.3. The first-order valence-electron chi connectivity index (χ1n) is 5.79. The molecule has 0 saturated carbocycles. The van der Waals surface area contributed by atoms with Crippen LogP contribution in [0.3, 0.4) is 0 Å². The Kier molecular flexibility index (Phi) is 1.98. The van der Waals surface area contributed by atoms with Crippen LogP contribution in [0.5, 0.6) is 0 Å². The van der Waals surface area contributed by atoms with Crippen LogP contribution in [0.25, 0.3) is 10.9 Å². The van der Waals surface area contributed by atoms with Gasteiger partial charge in [0.05, 0.1) is 16.6 Å². The van der Waals surface area contributed by atoms with Crippen molar-refractivity contribution >= 4 is 34.6 Å². The quantitative estimate of drug-likeness (QED) is 0.715. The number of benzene rings is 1. The number of rotatable bonds is 1. The van der Waals surface area contributed by atoms with Gasteiger partial charge in [-0.2, -0.15) is 4.98 Å². The molecule has 0 bridgehead atoms. The second kappa shape index (κ2) is 3.66. The van der Waals surface area contributed by atoms with Crippen molar-refractivity contribution in [3.05, 3.63) is 30.5 Å². The maximum absolute atomic E-state index is 5.90. The molecule has 0 amide bonds. The minimum atomic E-state index is -0.517. The predicted octanol–water partition coefficient (Wildman–Crippen LogP) is 2.01. The Morgan fingerprint density at radius 2 is 2.11 bits per heavy atom. The summed E-state index contributed by atoms with van der Waals surface area (Å²) >= 11 is 0. The fourth-order valence-electron chi connectivity index (χ4n) is 2.12. The zero-order valence-corrected chi connectivity index (χ0v) is 9.80. The lowest BCUT2D eigenvalue weighted by Crippen LogP contribution is -2.39. The highest BCUT2D eigenvalue weighted by molar-refractivity contribution is 5.99. The number of nitrogens with two attached hydrogens (primary N) is 1. The summed E-state index contributed by atoms with van der Waals surface area (Å²) in [5.41, 5.74) is 7.51. The zero-order valence-electron chi connectivity index (χ0n) is 9.80. The van der Waals surface area contributed by atoms with Crippen LogP contribution >= 0.6 is 0 Å². The zero-order chi connectivity index (χ0) is 12.8. The summed E-state index contributed by atoms with van der Waals surface area (Å²) in [6.07, 6.45) is 4.71. The molecule has 2 aromatic rings. The Labute approximate surface area is 108 Å². The van der Waals surface area contributed by atoms with Crippen LogP contribution < -0.4 is 10.6 Å². The molecule has 1 unspecified atom stereocenters. The van der Waals surface area contributed by atoms with Gasteiger partial charge in [0.15, 0.2) is 12.1 Å². The minimum Gasteiger partial charge on any atom is -0.292 e. The number of azo groups is 1. The van der Waals surface area contributed by atoms with Gasteiger partial charge in [-0.05, 0) is 18.2 Å². The van der Waals surface area contributed by atoms with E-state index in [0.717, 1.165) is 16.6 Å². The molecule has 4 rings (SSSR count). The van der Waals surface area contributed by atoms with Crippen LogP contribution in [0.1, 0.15) is 0 Å². The van der Waals surface area contributed by atoms with E-state index >= 15 is 0 Å². The molecular weight excluding hydrogens is 242 g/mol. The smallest absolute Gasteiger partial charge is 0.234 e. The molecule has 19 heavy (non-hydrogen) atoms. The molecule has 2 N–H and O–H groups in total. The number of hydrogen-bond acceptors (Lipinski definition) is 7. The highest BCUT2D eigenvalue weighted by Gasteiger charge is 2.21. The van der Waals surface area contributed by atoms with Crippen LogP contribution in [-0.2, 0) is 0 Å². The second-order valence-corrected chi connectivity index (χ2v) is 4.18. The third-order valence-electron chi connectivity index (χ3n) is 3.01. The van der Waals surface area contributed by atoms with Gasteiger partial charge in [-0.15, -0.1) is 10.2 Å². The average molecular weight is 251 g/mol. The summed E-state index contributed by atoms with van der Waals surface area (Å²) in [5, 5.41) is 9.02. The number of anilines is 1. The molecule has 92 valence electrons. The molecule has 0 spiro atoms. The van der Waals surface area contributed by atoms with Crippen molar-refractivity contribution in [3.63, 3.8) is 0 Å². The van der Waals surface area contributed by atoms with Crippen molar-refractivity contribution in [3.8, 4) is 0 Å². The van der Waals surface area contributed by atoms with Crippen molar-refractivity contribution < 1.29 is 0 Å². The lowest BCUT2D eigenvalue weighted by atomic mass is 10.2. The van der Waals surface area contributed by atoms with Crippen molar-refractivity contribution in [2.45, 2.75) is 6.29 Å². The molecule has 3 heterocycles. The molecule has 0 fully saturated rings. The standard InChI is InChI=1S/C12H9N7/c13-11-14-5-2-6-19(11)12-15-7-3-1-4-8-9(7)10(16-12)18-17-8/h1-6,11H,13H2. The van der Waals surface area contributed by atoms with Gasteiger partial charge in [-0.1, -0.05) is 6.07 Å². The fourth-order valence-corrected chi connectivity index (χ4v) is 2.12. The van der Waals surface area contributed by atoms with Gasteiger partial charge in [0.1, 0.15) is 0 Å². The molecule has 1 atom stereocenters. The number of nitrogens with zero attached hydrogens (tertiary/aromatic N) is 6. The molecular formula is C12H9N7. The van der Waals surface area contributed by atoms with Crippen LogP contribution in [0.4, 0.5) is 17.5 Å². The van der Waals surface area contributed by atoms with Gasteiger partial charge in [-0.3, -0.25) is 15.6 Å². The van der Waals surface area contributed by atoms with Gasteiger partial charge < -0.3 is 0 Å². The van der Waals surface area contributed by atoms with Crippen LogP contribution in [0.15, 0.2) is 45.7 Å². The van der Waals surface area contributed by atoms with E-state index in [0.29, 0.717) is 11.8 Å². The molecule has 1 aromatic heterocycles. The number of allylic oxidation sites excluding steroid dienone is 1. The highest BCUT2D eigenvalue weighted by Crippen LogP contribution is 2.39. The van der Waals surface area contributed by atoms with Crippen LogP contribution in [0.2, 0.25) is 0 Å². The van der Waals surface area contributed by atoms with E-state index in [-0.39, 0.29) is 0 Å². The summed E-state index contributed by atoms with van der Waals surface area (Å²) in [6.45, 7) is 0. The van der Waals surface area contributed by atoms with E-state index in [1.807, 2.05) is 18.2 Å².